The Bertz CT molecular complexity index is 391. The lowest BCUT2D eigenvalue weighted by Gasteiger charge is -2.28. The van der Waals surface area contributed by atoms with Crippen LogP contribution in [0.3, 0.4) is 0 Å². The molecule has 0 spiro atoms. The van der Waals surface area contributed by atoms with Gasteiger partial charge in [-0.25, -0.2) is 0 Å². The second kappa shape index (κ2) is 5.57. The summed E-state index contributed by atoms with van der Waals surface area (Å²) in [6, 6.07) is 5.81. The quantitative estimate of drug-likeness (QED) is 0.891. The van der Waals surface area contributed by atoms with Gasteiger partial charge in [0.2, 0.25) is 0 Å². The van der Waals surface area contributed by atoms with Gasteiger partial charge in [-0.15, -0.1) is 0 Å². The van der Waals surface area contributed by atoms with E-state index in [9.17, 15) is 0 Å². The third-order valence-electron chi connectivity index (χ3n) is 3.32. The van der Waals surface area contributed by atoms with Crippen molar-refractivity contribution in [2.24, 2.45) is 11.7 Å². The maximum Gasteiger partial charge on any atom is 0.0482 e. The van der Waals surface area contributed by atoms with Gasteiger partial charge in [0.15, 0.2) is 0 Å². The molecule has 1 aromatic rings. The first kappa shape index (κ1) is 13.2. The molecule has 1 aromatic carbocycles. The molecule has 17 heavy (non-hydrogen) atoms. The minimum atomic E-state index is 0.181. The summed E-state index contributed by atoms with van der Waals surface area (Å²) in [7, 11) is 2.11. The minimum Gasteiger partial charge on any atom is -0.329 e. The molecular formula is C13H18Cl2N2. The van der Waals surface area contributed by atoms with E-state index in [1.807, 2.05) is 12.1 Å². The molecule has 2 nitrogen and oxygen atoms in total. The average Bonchev–Trinajstić information content (AvgIpc) is 3.06. The van der Waals surface area contributed by atoms with Crippen LogP contribution < -0.4 is 5.73 Å². The Morgan fingerprint density at radius 1 is 1.41 bits per heavy atom. The molecule has 0 aliphatic heterocycles. The van der Waals surface area contributed by atoms with E-state index in [4.69, 9.17) is 28.9 Å². The lowest BCUT2D eigenvalue weighted by atomic mass is 10.1. The van der Waals surface area contributed by atoms with Crippen LogP contribution >= 0.6 is 23.2 Å². The van der Waals surface area contributed by atoms with Gasteiger partial charge in [0.05, 0.1) is 0 Å². The zero-order valence-electron chi connectivity index (χ0n) is 10.00. The van der Waals surface area contributed by atoms with Crippen molar-refractivity contribution in [1.29, 1.82) is 0 Å². The van der Waals surface area contributed by atoms with E-state index < -0.39 is 0 Å². The third-order valence-corrected chi connectivity index (χ3v) is 3.88. The molecule has 1 fully saturated rings. The summed E-state index contributed by atoms with van der Waals surface area (Å²) in [6.07, 6.45) is 2.69. The lowest BCUT2D eigenvalue weighted by Crippen LogP contribution is -2.32. The highest BCUT2D eigenvalue weighted by Crippen LogP contribution is 2.34. The smallest absolute Gasteiger partial charge is 0.0482 e. The maximum absolute atomic E-state index is 6.23. The molecule has 1 atom stereocenters. The Hall–Kier alpha value is -0.280. The average molecular weight is 273 g/mol. The molecule has 0 heterocycles. The van der Waals surface area contributed by atoms with Crippen LogP contribution in [-0.4, -0.2) is 25.0 Å². The van der Waals surface area contributed by atoms with Crippen molar-refractivity contribution in [3.8, 4) is 0 Å². The summed E-state index contributed by atoms with van der Waals surface area (Å²) in [5, 5.41) is 1.37. The zero-order chi connectivity index (χ0) is 12.4. The molecule has 2 rings (SSSR count). The summed E-state index contributed by atoms with van der Waals surface area (Å²) in [5.74, 6) is 0.847. The first-order valence-corrected chi connectivity index (χ1v) is 6.72. The number of hydrogen-bond donors (Lipinski definition) is 1. The normalized spacial score (nSPS) is 17.5. The van der Waals surface area contributed by atoms with Gasteiger partial charge in [0, 0.05) is 29.2 Å². The standard InChI is InChI=1S/C13H18Cl2N2/c1-17(8-9-2-3-9)13(7-16)11-5-4-10(14)6-12(11)15/h4-6,9,13H,2-3,7-8,16H2,1H3. The van der Waals surface area contributed by atoms with Crippen LogP contribution in [0.4, 0.5) is 0 Å². The Morgan fingerprint density at radius 3 is 2.65 bits per heavy atom. The van der Waals surface area contributed by atoms with Crippen molar-refractivity contribution in [2.45, 2.75) is 18.9 Å². The topological polar surface area (TPSA) is 29.3 Å². The number of rotatable bonds is 5. The molecular weight excluding hydrogens is 255 g/mol. The second-order valence-electron chi connectivity index (χ2n) is 4.80. The highest BCUT2D eigenvalue weighted by molar-refractivity contribution is 6.35. The Morgan fingerprint density at radius 2 is 2.12 bits per heavy atom. The van der Waals surface area contributed by atoms with Gasteiger partial charge in [0.1, 0.15) is 0 Å². The van der Waals surface area contributed by atoms with Crippen LogP contribution in [0.15, 0.2) is 18.2 Å². The van der Waals surface area contributed by atoms with Gasteiger partial charge in [-0.1, -0.05) is 29.3 Å². The Labute approximate surface area is 113 Å². The summed E-state index contributed by atoms with van der Waals surface area (Å²) in [6.45, 7) is 1.67. The van der Waals surface area contributed by atoms with E-state index in [2.05, 4.69) is 11.9 Å². The lowest BCUT2D eigenvalue weighted by molar-refractivity contribution is 0.240. The molecule has 0 bridgehead atoms. The van der Waals surface area contributed by atoms with Gasteiger partial charge in [-0.05, 0) is 43.5 Å². The number of benzene rings is 1. The first-order valence-electron chi connectivity index (χ1n) is 5.97. The van der Waals surface area contributed by atoms with Crippen LogP contribution in [0, 0.1) is 5.92 Å². The van der Waals surface area contributed by atoms with Gasteiger partial charge in [-0.2, -0.15) is 0 Å². The third kappa shape index (κ3) is 3.35. The predicted octanol–water partition coefficient (Wildman–Crippen LogP) is 3.34. The summed E-state index contributed by atoms with van der Waals surface area (Å²) < 4.78 is 0. The Kier molecular flexibility index (Phi) is 4.31. The monoisotopic (exact) mass is 272 g/mol. The number of hydrogen-bond acceptors (Lipinski definition) is 2. The SMILES string of the molecule is CN(CC1CC1)C(CN)c1ccc(Cl)cc1Cl. The van der Waals surface area contributed by atoms with E-state index in [-0.39, 0.29) is 6.04 Å². The molecule has 0 aromatic heterocycles. The van der Waals surface area contributed by atoms with E-state index in [1.54, 1.807) is 6.07 Å². The number of halogens is 2. The second-order valence-corrected chi connectivity index (χ2v) is 5.64. The van der Waals surface area contributed by atoms with Gasteiger partial charge >= 0.3 is 0 Å². The maximum atomic E-state index is 6.23. The van der Waals surface area contributed by atoms with Gasteiger partial charge in [0.25, 0.3) is 0 Å². The fraction of sp³-hybridized carbons (Fsp3) is 0.538. The van der Waals surface area contributed by atoms with Crippen molar-refractivity contribution in [3.05, 3.63) is 33.8 Å². The number of likely N-dealkylation sites (N-methyl/N-ethyl adjacent to an activating group) is 1. The van der Waals surface area contributed by atoms with Crippen LogP contribution in [0.2, 0.25) is 10.0 Å². The zero-order valence-corrected chi connectivity index (χ0v) is 11.5. The van der Waals surface area contributed by atoms with Crippen LogP contribution in [0.1, 0.15) is 24.4 Å². The van der Waals surface area contributed by atoms with E-state index >= 15 is 0 Å². The predicted molar refractivity (Wildman–Crippen MR) is 73.6 cm³/mol. The number of nitrogens with zero attached hydrogens (tertiary/aromatic N) is 1. The summed E-state index contributed by atoms with van der Waals surface area (Å²) >= 11 is 12.1. The molecule has 4 heteroatoms. The van der Waals surface area contributed by atoms with E-state index in [0.29, 0.717) is 16.6 Å². The molecule has 0 amide bonds. The molecule has 1 aliphatic rings. The largest absolute Gasteiger partial charge is 0.329 e. The Balaban J connectivity index is 2.14. The summed E-state index contributed by atoms with van der Waals surface area (Å²) in [4.78, 5) is 2.30. The molecule has 1 unspecified atom stereocenters. The van der Waals surface area contributed by atoms with Gasteiger partial charge in [-0.3, -0.25) is 4.90 Å². The highest BCUT2D eigenvalue weighted by atomic mass is 35.5. The molecule has 0 radical (unpaired) electrons. The molecule has 0 saturated heterocycles. The van der Waals surface area contributed by atoms with Crippen molar-refractivity contribution in [3.63, 3.8) is 0 Å². The fourth-order valence-corrected chi connectivity index (χ4v) is 2.69. The van der Waals surface area contributed by atoms with Crippen LogP contribution in [0.5, 0.6) is 0 Å². The van der Waals surface area contributed by atoms with E-state index in [1.165, 1.54) is 12.8 Å². The minimum absolute atomic E-state index is 0.181. The first-order chi connectivity index (χ1) is 8.11. The summed E-state index contributed by atoms with van der Waals surface area (Å²) in [5.41, 5.74) is 6.95. The van der Waals surface area contributed by atoms with Crippen molar-refractivity contribution >= 4 is 23.2 Å². The fourth-order valence-electron chi connectivity index (χ4n) is 2.15. The molecule has 2 N–H and O–H groups in total. The van der Waals surface area contributed by atoms with Crippen LogP contribution in [-0.2, 0) is 0 Å². The molecule has 94 valence electrons. The highest BCUT2D eigenvalue weighted by Gasteiger charge is 2.26. The van der Waals surface area contributed by atoms with Gasteiger partial charge < -0.3 is 5.73 Å². The van der Waals surface area contributed by atoms with Crippen molar-refractivity contribution < 1.29 is 0 Å². The van der Waals surface area contributed by atoms with Crippen molar-refractivity contribution in [1.82, 2.24) is 4.90 Å². The van der Waals surface area contributed by atoms with Crippen molar-refractivity contribution in [2.75, 3.05) is 20.1 Å². The molecule has 1 aliphatic carbocycles. The van der Waals surface area contributed by atoms with Crippen LogP contribution in [0.25, 0.3) is 0 Å². The molecule has 1 saturated carbocycles. The number of nitrogens with two attached hydrogens (primary N) is 1. The van der Waals surface area contributed by atoms with E-state index in [0.717, 1.165) is 18.0 Å².